The zero-order chi connectivity index (χ0) is 50.1. The van der Waals surface area contributed by atoms with Crippen LogP contribution in [0.5, 0.6) is 17.5 Å². The number of hydrogen-bond acceptors (Lipinski definition) is 12. The molecule has 5 aromatic rings. The largest absolute Gasteiger partial charge is 0.497 e. The molecule has 5 aliphatic rings. The number of carbonyl (C=O) groups excluding carboxylic acids is 1. The third-order valence-corrected chi connectivity index (χ3v) is 14.9. The van der Waals surface area contributed by atoms with Crippen LogP contribution in [-0.2, 0) is 30.4 Å². The molecule has 0 saturated carbocycles. The average Bonchev–Trinajstić information content (AvgIpc) is 3.97. The molecule has 19 heteroatoms. The number of aromatic nitrogens is 4. The van der Waals surface area contributed by atoms with Crippen molar-refractivity contribution >= 4 is 28.6 Å². The third-order valence-electron chi connectivity index (χ3n) is 14.9. The fourth-order valence-corrected chi connectivity index (χ4v) is 11.7. The number of fused-ring (bicyclic) bond motifs is 6. The van der Waals surface area contributed by atoms with Gasteiger partial charge >= 0.3 is 18.3 Å². The van der Waals surface area contributed by atoms with E-state index in [2.05, 4.69) is 14.9 Å². The topological polar surface area (TPSA) is 119 Å². The summed E-state index contributed by atoms with van der Waals surface area (Å²) in [5.41, 5.74) is -4.03. The Morgan fingerprint density at radius 3 is 2.14 bits per heavy atom. The molecule has 2 bridgehead atoms. The highest BCUT2D eigenvalue weighted by molar-refractivity contribution is 5.95. The van der Waals surface area contributed by atoms with Crippen LogP contribution in [0.4, 0.5) is 42.8 Å². The van der Waals surface area contributed by atoms with Crippen molar-refractivity contribution in [2.24, 2.45) is 0 Å². The van der Waals surface area contributed by atoms with E-state index in [9.17, 15) is 9.18 Å². The Kier molecular flexibility index (Phi) is 12.6. The molecule has 5 atom stereocenters. The van der Waals surface area contributed by atoms with Crippen LogP contribution < -0.4 is 24.0 Å². The maximum atomic E-state index is 18.1. The van der Waals surface area contributed by atoms with Crippen LogP contribution >= 0.6 is 0 Å². The van der Waals surface area contributed by atoms with Crippen LogP contribution in [0.25, 0.3) is 22.3 Å². The van der Waals surface area contributed by atoms with Gasteiger partial charge in [0.05, 0.1) is 54.5 Å². The summed E-state index contributed by atoms with van der Waals surface area (Å²) >= 11 is 0. The van der Waals surface area contributed by atoms with Crippen LogP contribution in [0.1, 0.15) is 93.7 Å². The number of benzene rings is 2. The Hall–Kier alpha value is -6.11. The third kappa shape index (κ3) is 9.11. The molecule has 4 saturated heterocycles. The maximum Gasteiger partial charge on any atom is 0.418 e. The number of halogens is 6. The number of alkyl halides is 4. The number of aryl methyl sites for hydroxylation is 1. The molecule has 0 aliphatic carbocycles. The van der Waals surface area contributed by atoms with Gasteiger partial charge in [-0.3, -0.25) is 9.80 Å². The highest BCUT2D eigenvalue weighted by Crippen LogP contribution is 2.47. The van der Waals surface area contributed by atoms with Crippen molar-refractivity contribution in [3.8, 4) is 28.9 Å². The normalized spacial score (nSPS) is 23.0. The molecule has 13 nitrogen and oxygen atoms in total. The Balaban J connectivity index is 1.14. The molecular weight excluding hydrogens is 931 g/mol. The molecule has 4 fully saturated rings. The van der Waals surface area contributed by atoms with Crippen molar-refractivity contribution in [1.82, 2.24) is 29.7 Å². The minimum Gasteiger partial charge on any atom is -0.497 e. The fourth-order valence-electron chi connectivity index (χ4n) is 11.7. The number of pyridine rings is 2. The molecule has 1 amide bonds. The van der Waals surface area contributed by atoms with Crippen molar-refractivity contribution in [1.29, 1.82) is 0 Å². The molecule has 0 N–H and O–H groups in total. The summed E-state index contributed by atoms with van der Waals surface area (Å²) in [4.78, 5) is 40.0. The van der Waals surface area contributed by atoms with Gasteiger partial charge in [0.25, 0.3) is 0 Å². The van der Waals surface area contributed by atoms with Gasteiger partial charge in [-0.15, -0.1) is 0 Å². The maximum absolute atomic E-state index is 18.1. The van der Waals surface area contributed by atoms with Gasteiger partial charge in [0, 0.05) is 38.2 Å². The van der Waals surface area contributed by atoms with Gasteiger partial charge in [-0.05, 0) is 115 Å². The van der Waals surface area contributed by atoms with Gasteiger partial charge in [0.15, 0.2) is 17.5 Å². The summed E-state index contributed by atoms with van der Waals surface area (Å²) in [5, 5.41) is 0.201. The first-order chi connectivity index (χ1) is 33.8. The molecule has 2 aromatic carbocycles. The van der Waals surface area contributed by atoms with E-state index in [0.29, 0.717) is 67.8 Å². The first-order valence-corrected chi connectivity index (χ1v) is 24.3. The molecule has 71 heavy (non-hydrogen) atoms. The van der Waals surface area contributed by atoms with E-state index >= 15 is 22.0 Å². The van der Waals surface area contributed by atoms with Crippen molar-refractivity contribution in [3.05, 3.63) is 88.1 Å². The lowest BCUT2D eigenvalue weighted by molar-refractivity contribution is -0.138. The first-order valence-electron chi connectivity index (χ1n) is 24.3. The predicted octanol–water partition coefficient (Wildman–Crippen LogP) is 10.2. The van der Waals surface area contributed by atoms with Gasteiger partial charge in [-0.25, -0.2) is 27.9 Å². The smallest absolute Gasteiger partial charge is 0.418 e. The number of carbonyl (C=O) groups is 1. The number of piperazine rings is 1. The number of rotatable bonds is 11. The molecule has 8 heterocycles. The van der Waals surface area contributed by atoms with Crippen LogP contribution in [0, 0.1) is 18.6 Å². The van der Waals surface area contributed by atoms with Gasteiger partial charge < -0.3 is 28.7 Å². The van der Waals surface area contributed by atoms with E-state index in [4.69, 9.17) is 28.9 Å². The zero-order valence-electron chi connectivity index (χ0n) is 40.7. The molecule has 3 aromatic heterocycles. The quantitative estimate of drug-likeness (QED) is 0.117. The Labute approximate surface area is 408 Å². The van der Waals surface area contributed by atoms with Crippen molar-refractivity contribution in [2.75, 3.05) is 50.3 Å². The van der Waals surface area contributed by atoms with Crippen LogP contribution in [0.15, 0.2) is 48.5 Å². The van der Waals surface area contributed by atoms with E-state index < -0.39 is 69.5 Å². The lowest BCUT2D eigenvalue weighted by Gasteiger charge is -2.48. The second-order valence-corrected chi connectivity index (χ2v) is 20.6. The zero-order valence-corrected chi connectivity index (χ0v) is 40.7. The Morgan fingerprint density at radius 1 is 0.831 bits per heavy atom. The second kappa shape index (κ2) is 18.5. The fraction of sp³-hybridized carbons (Fsp3) is 0.519. The molecule has 5 aliphatic heterocycles. The molecule has 378 valence electrons. The Bertz CT molecular complexity index is 2780. The summed E-state index contributed by atoms with van der Waals surface area (Å²) in [5.74, 6) is -1.48. The van der Waals surface area contributed by atoms with Crippen LogP contribution in [0.3, 0.4) is 0 Å². The average molecular weight is 989 g/mol. The molecule has 0 spiro atoms. The number of ether oxygens (including phenoxy) is 4. The second-order valence-electron chi connectivity index (χ2n) is 20.6. The number of anilines is 2. The number of amides is 1. The summed E-state index contributed by atoms with van der Waals surface area (Å²) in [6.45, 7) is 7.71. The van der Waals surface area contributed by atoms with Gasteiger partial charge in [0.2, 0.25) is 0 Å². The van der Waals surface area contributed by atoms with E-state index in [1.165, 1.54) is 19.1 Å². The minimum atomic E-state index is -5.20. The van der Waals surface area contributed by atoms with Crippen molar-refractivity contribution in [3.63, 3.8) is 0 Å². The molecular formula is C52H58F6N8O5. The minimum absolute atomic E-state index is 0.00437. The first kappa shape index (κ1) is 48.5. The monoisotopic (exact) mass is 988 g/mol. The Morgan fingerprint density at radius 2 is 1.51 bits per heavy atom. The van der Waals surface area contributed by atoms with E-state index in [1.807, 2.05) is 30.6 Å². The lowest BCUT2D eigenvalue weighted by atomic mass is 9.93. The summed E-state index contributed by atoms with van der Waals surface area (Å²) in [6, 6.07) is 12.8. The predicted molar refractivity (Wildman–Crippen MR) is 254 cm³/mol. The molecule has 10 rings (SSSR count). The van der Waals surface area contributed by atoms with Gasteiger partial charge in [-0.2, -0.15) is 23.1 Å². The summed E-state index contributed by atoms with van der Waals surface area (Å²) in [7, 11) is 3.04. The lowest BCUT2D eigenvalue weighted by Crippen LogP contribution is -2.62. The van der Waals surface area contributed by atoms with Crippen LogP contribution in [-0.4, -0.2) is 112 Å². The number of nitrogens with zero attached hydrogens (tertiary/aromatic N) is 8. The SMILES string of the molecule is COc1ccc(CN(Cc2ccc(OC)cc2)c2nc(-c3nc4c5c(nc(OC[C@@]67CCCN6C[C@H](F)C7)nc5c3F)N3C[C@H]5CC[C@@H]([C@H]3CCC4)N5C(=O)OC(C)(C)C)c(C(F)(F)F)c(C)c2F)cc1. The summed E-state index contributed by atoms with van der Waals surface area (Å²) in [6.07, 6.45) is -2.39. The number of hydrogen-bond donors (Lipinski definition) is 0. The molecule has 0 radical (unpaired) electrons. The van der Waals surface area contributed by atoms with Crippen molar-refractivity contribution < 1.29 is 50.1 Å². The number of methoxy groups -OCH3 is 2. The van der Waals surface area contributed by atoms with E-state index in [1.54, 1.807) is 48.5 Å². The standard InChI is InChI=1S/C52H58F6N8O5/c1-29-40(52(56,57)58)44(60-47(41(29)54)63(24-30-11-16-34(68-5)17-12-30)25-31-13-18-35(69-6)19-14-31)45-42(55)43-39-36(59-45)9-7-10-37-38-20-15-33(66(38)49(67)71-50(2,3)4)27-65(37)46(39)62-48(61-43)70-28-51-21-8-22-64(51)26-32(53)23-51/h11-14,16-19,32-33,37-38H,7-10,15,20-28H2,1-6H3/t32-,33-,37-,38+,51+/m1/s1. The van der Waals surface area contributed by atoms with E-state index in [-0.39, 0.29) is 85.6 Å². The molecule has 0 unspecified atom stereocenters. The van der Waals surface area contributed by atoms with Crippen molar-refractivity contribution in [2.45, 2.75) is 134 Å². The van der Waals surface area contributed by atoms with Crippen LogP contribution in [0.2, 0.25) is 0 Å². The van der Waals surface area contributed by atoms with Gasteiger partial charge in [0.1, 0.15) is 52.6 Å². The van der Waals surface area contributed by atoms with E-state index in [0.717, 1.165) is 13.3 Å². The highest BCUT2D eigenvalue weighted by atomic mass is 19.4. The van der Waals surface area contributed by atoms with Gasteiger partial charge in [-0.1, -0.05) is 24.3 Å². The summed E-state index contributed by atoms with van der Waals surface area (Å²) < 4.78 is 120. The highest BCUT2D eigenvalue weighted by Gasteiger charge is 2.52.